The Morgan fingerprint density at radius 3 is 0.933 bits per heavy atom. The van der Waals surface area contributed by atoms with E-state index in [-0.39, 0.29) is 114 Å². The van der Waals surface area contributed by atoms with E-state index in [1.807, 2.05) is 20.8 Å². The van der Waals surface area contributed by atoms with Crippen molar-refractivity contribution in [2.24, 2.45) is 0 Å². The molecule has 0 aliphatic carbocycles. The summed E-state index contributed by atoms with van der Waals surface area (Å²) in [6.45, 7) is 19.7. The molecule has 0 aromatic carbocycles. The summed E-state index contributed by atoms with van der Waals surface area (Å²) in [6.07, 6.45) is 2.00. The Hall–Kier alpha value is -5.67. The number of aromatic nitrogens is 3. The molecule has 0 fully saturated rings. The molecule has 0 aliphatic rings. The number of esters is 3. The van der Waals surface area contributed by atoms with Crippen molar-refractivity contribution < 1.29 is 57.2 Å². The fourth-order valence-electron chi connectivity index (χ4n) is 4.24. The van der Waals surface area contributed by atoms with Crippen LogP contribution in [0, 0.1) is 0 Å². The molecule has 1 aromatic rings. The van der Waals surface area contributed by atoms with Gasteiger partial charge < -0.3 is 59.1 Å². The summed E-state index contributed by atoms with van der Waals surface area (Å²) >= 11 is 0. The zero-order valence-electron chi connectivity index (χ0n) is 35.9. The van der Waals surface area contributed by atoms with Crippen molar-refractivity contribution in [1.29, 1.82) is 0 Å². The van der Waals surface area contributed by atoms with Gasteiger partial charge in [0, 0.05) is 36.4 Å². The van der Waals surface area contributed by atoms with Crippen LogP contribution in [0.25, 0.3) is 0 Å². The lowest BCUT2D eigenvalue weighted by Crippen LogP contribution is -2.43. The largest absolute Gasteiger partial charge is 0.460 e. The maximum Gasteiger partial charge on any atom is 0.333 e. The van der Waals surface area contributed by atoms with Gasteiger partial charge in [0.25, 0.3) is 0 Å². The quantitative estimate of drug-likeness (QED) is 0.0295. The number of rotatable bonds is 33. The van der Waals surface area contributed by atoms with Gasteiger partial charge in [-0.05, 0) is 40.0 Å². The Kier molecular flexibility index (Phi) is 26.5. The second-order valence-electron chi connectivity index (χ2n) is 13.2. The van der Waals surface area contributed by atoms with Crippen molar-refractivity contribution in [3.05, 3.63) is 36.5 Å². The molecule has 60 heavy (non-hydrogen) atoms. The van der Waals surface area contributed by atoms with Gasteiger partial charge in [0.2, 0.25) is 35.6 Å². The van der Waals surface area contributed by atoms with Crippen molar-refractivity contribution in [1.82, 2.24) is 30.9 Å². The topological polar surface area (TPSA) is 242 Å². The lowest BCUT2D eigenvalue weighted by Gasteiger charge is -2.28. The number of nitrogens with one attached hydrogen (secondary N) is 3. The molecule has 1 aromatic heterocycles. The van der Waals surface area contributed by atoms with E-state index in [9.17, 15) is 28.8 Å². The second-order valence-corrected chi connectivity index (χ2v) is 13.2. The summed E-state index contributed by atoms with van der Waals surface area (Å²) in [6, 6.07) is 0. The van der Waals surface area contributed by atoms with E-state index < -0.39 is 35.6 Å². The molecule has 0 saturated carbocycles. The lowest BCUT2D eigenvalue weighted by molar-refractivity contribution is -0.141. The fourth-order valence-corrected chi connectivity index (χ4v) is 4.24. The zero-order valence-corrected chi connectivity index (χ0v) is 35.9. The van der Waals surface area contributed by atoms with Crippen LogP contribution in [-0.2, 0) is 57.2 Å². The summed E-state index contributed by atoms with van der Waals surface area (Å²) in [4.78, 5) is 93.3. The standard InChI is InChI=1S/C39H63N9O12/c1-10-13-40-31(49)22-46(25-55-16-19-58-34(52)28(4)5)37-43-38(47(23-32(50)41-14-11-2)26-56-17-20-59-35(53)29(6)7)45-39(44-37)48(24-33(51)42-15-12-3)27-57-18-21-60-36(54)30(8)9/h4,6,8,10-27H2,1-3,5,7,9H3,(H,40,49)(H,41,50)(H,42,51). The van der Waals surface area contributed by atoms with Gasteiger partial charge in [0.15, 0.2) is 0 Å². The van der Waals surface area contributed by atoms with E-state index in [0.29, 0.717) is 38.9 Å². The van der Waals surface area contributed by atoms with Crippen LogP contribution in [0.4, 0.5) is 17.8 Å². The number of carbonyl (C=O) groups is 6. The van der Waals surface area contributed by atoms with Gasteiger partial charge in [-0.15, -0.1) is 0 Å². The number of nitrogens with zero attached hydrogens (tertiary/aromatic N) is 6. The Morgan fingerprint density at radius 2 is 0.717 bits per heavy atom. The van der Waals surface area contributed by atoms with E-state index in [4.69, 9.17) is 28.4 Å². The van der Waals surface area contributed by atoms with Crippen LogP contribution in [0.1, 0.15) is 60.8 Å². The first-order valence-electron chi connectivity index (χ1n) is 19.6. The first-order chi connectivity index (χ1) is 28.6. The van der Waals surface area contributed by atoms with Crippen molar-refractivity contribution in [2.45, 2.75) is 60.8 Å². The summed E-state index contributed by atoms with van der Waals surface area (Å²) in [5.41, 5.74) is 0.636. The highest BCUT2D eigenvalue weighted by Crippen LogP contribution is 2.20. The first kappa shape index (κ1) is 52.3. The summed E-state index contributed by atoms with van der Waals surface area (Å²) in [5.74, 6) is -3.31. The van der Waals surface area contributed by atoms with Gasteiger partial charge in [-0.1, -0.05) is 40.5 Å². The monoisotopic (exact) mass is 849 g/mol. The lowest BCUT2D eigenvalue weighted by atomic mass is 10.4. The molecule has 21 heteroatoms. The highest BCUT2D eigenvalue weighted by molar-refractivity contribution is 5.88. The number of hydrogen-bond donors (Lipinski definition) is 3. The van der Waals surface area contributed by atoms with Gasteiger partial charge in [-0.2, -0.15) is 15.0 Å². The Morgan fingerprint density at radius 1 is 0.467 bits per heavy atom. The number of ether oxygens (including phenoxy) is 6. The SMILES string of the molecule is C=C(C)C(=O)OCCOCN(CC(=O)NCCC)c1nc(N(COCCOC(=O)C(=C)C)CC(=O)NCCC)nc(N(COCCOC(=O)C(=C)C)CC(=O)NCCC)n1. The average Bonchev–Trinajstić information content (AvgIpc) is 3.21. The fraction of sp³-hybridized carbons (Fsp3) is 0.615. The van der Waals surface area contributed by atoms with Crippen LogP contribution >= 0.6 is 0 Å². The molecule has 21 nitrogen and oxygen atoms in total. The van der Waals surface area contributed by atoms with E-state index in [1.54, 1.807) is 0 Å². The maximum absolute atomic E-state index is 13.1. The van der Waals surface area contributed by atoms with E-state index in [2.05, 4.69) is 50.6 Å². The molecule has 0 aliphatic heterocycles. The smallest absolute Gasteiger partial charge is 0.333 e. The molecular weight excluding hydrogens is 786 g/mol. The van der Waals surface area contributed by atoms with Crippen molar-refractivity contribution in [2.75, 3.05) is 114 Å². The van der Waals surface area contributed by atoms with Gasteiger partial charge in [-0.25, -0.2) is 14.4 Å². The molecule has 0 spiro atoms. The third kappa shape index (κ3) is 22.5. The predicted molar refractivity (Wildman–Crippen MR) is 222 cm³/mol. The number of hydrogen-bond acceptors (Lipinski definition) is 18. The third-order valence-electron chi connectivity index (χ3n) is 7.34. The predicted octanol–water partition coefficient (Wildman–Crippen LogP) is 1.15. The molecule has 0 bridgehead atoms. The average molecular weight is 850 g/mol. The third-order valence-corrected chi connectivity index (χ3v) is 7.34. The van der Waals surface area contributed by atoms with Crippen LogP contribution in [0.3, 0.4) is 0 Å². The summed E-state index contributed by atoms with van der Waals surface area (Å²) in [7, 11) is 0. The van der Waals surface area contributed by atoms with Crippen LogP contribution < -0.4 is 30.7 Å². The van der Waals surface area contributed by atoms with E-state index in [1.165, 1.54) is 35.5 Å². The van der Waals surface area contributed by atoms with Crippen molar-refractivity contribution in [3.8, 4) is 0 Å². The van der Waals surface area contributed by atoms with Gasteiger partial charge in [0.05, 0.1) is 19.8 Å². The second kappa shape index (κ2) is 30.4. The van der Waals surface area contributed by atoms with Crippen LogP contribution in [0.15, 0.2) is 36.5 Å². The molecule has 3 N–H and O–H groups in total. The van der Waals surface area contributed by atoms with E-state index in [0.717, 1.165) is 0 Å². The van der Waals surface area contributed by atoms with Crippen LogP contribution in [-0.4, -0.2) is 150 Å². The zero-order chi connectivity index (χ0) is 44.9. The normalized spacial score (nSPS) is 10.5. The summed E-state index contributed by atoms with van der Waals surface area (Å²) < 4.78 is 32.8. The van der Waals surface area contributed by atoms with Gasteiger partial charge in [-0.3, -0.25) is 14.4 Å². The minimum Gasteiger partial charge on any atom is -0.460 e. The van der Waals surface area contributed by atoms with Gasteiger partial charge in [0.1, 0.15) is 59.6 Å². The molecular formula is C39H63N9O12. The molecule has 1 rings (SSSR count). The number of anilines is 3. The maximum atomic E-state index is 13.1. The Labute approximate surface area is 352 Å². The first-order valence-corrected chi connectivity index (χ1v) is 19.6. The molecule has 0 unspecified atom stereocenters. The molecule has 3 amide bonds. The van der Waals surface area contributed by atoms with E-state index >= 15 is 0 Å². The molecule has 0 radical (unpaired) electrons. The number of amides is 3. The highest BCUT2D eigenvalue weighted by Gasteiger charge is 2.25. The van der Waals surface area contributed by atoms with Gasteiger partial charge >= 0.3 is 17.9 Å². The van der Waals surface area contributed by atoms with Crippen molar-refractivity contribution >= 4 is 53.5 Å². The minimum atomic E-state index is -0.598. The molecule has 0 atom stereocenters. The number of carbonyl (C=O) groups excluding carboxylic acids is 6. The molecule has 1 heterocycles. The minimum absolute atomic E-state index is 0.0715. The van der Waals surface area contributed by atoms with Crippen LogP contribution in [0.2, 0.25) is 0 Å². The molecule has 336 valence electrons. The highest BCUT2D eigenvalue weighted by atomic mass is 16.6. The van der Waals surface area contributed by atoms with Crippen molar-refractivity contribution in [3.63, 3.8) is 0 Å². The van der Waals surface area contributed by atoms with Crippen LogP contribution in [0.5, 0.6) is 0 Å². The summed E-state index contributed by atoms with van der Waals surface area (Å²) in [5, 5.41) is 8.40. The Balaban J connectivity index is 3.80. The Bertz CT molecular complexity index is 1400. The molecule has 0 saturated heterocycles.